The van der Waals surface area contributed by atoms with Crippen molar-refractivity contribution in [3.8, 4) is 0 Å². The second-order valence-electron chi connectivity index (χ2n) is 5.49. The van der Waals surface area contributed by atoms with Crippen LogP contribution in [0.4, 0.5) is 10.1 Å². The summed E-state index contributed by atoms with van der Waals surface area (Å²) in [6, 6.07) is 2.95. The van der Waals surface area contributed by atoms with Crippen LogP contribution in [-0.2, 0) is 0 Å². The molecule has 0 bridgehead atoms. The van der Waals surface area contributed by atoms with E-state index in [0.29, 0.717) is 19.6 Å². The zero-order chi connectivity index (χ0) is 14.9. The number of non-ortho nitro benzene ring substituents is 1. The SMILES string of the molecule is CC1(C)CN(C(=O)c2cc(F)cc([N+](=O)[O-])c2)CCN1. The van der Waals surface area contributed by atoms with Crippen molar-refractivity contribution in [1.82, 2.24) is 10.2 Å². The average molecular weight is 281 g/mol. The Balaban J connectivity index is 2.27. The lowest BCUT2D eigenvalue weighted by Gasteiger charge is -2.39. The highest BCUT2D eigenvalue weighted by Crippen LogP contribution is 2.19. The molecule has 0 unspecified atom stereocenters. The number of rotatable bonds is 2. The number of benzene rings is 1. The third kappa shape index (κ3) is 3.11. The van der Waals surface area contributed by atoms with Crippen molar-refractivity contribution in [2.75, 3.05) is 19.6 Å². The van der Waals surface area contributed by atoms with Crippen molar-refractivity contribution >= 4 is 11.6 Å². The van der Waals surface area contributed by atoms with Crippen molar-refractivity contribution in [1.29, 1.82) is 0 Å². The van der Waals surface area contributed by atoms with Crippen molar-refractivity contribution in [3.63, 3.8) is 0 Å². The van der Waals surface area contributed by atoms with Crippen LogP contribution in [0.3, 0.4) is 0 Å². The van der Waals surface area contributed by atoms with Crippen LogP contribution in [0.1, 0.15) is 24.2 Å². The Kier molecular flexibility index (Phi) is 3.71. The van der Waals surface area contributed by atoms with Crippen molar-refractivity contribution in [3.05, 3.63) is 39.7 Å². The fraction of sp³-hybridized carbons (Fsp3) is 0.462. The maximum absolute atomic E-state index is 13.4. The van der Waals surface area contributed by atoms with Crippen LogP contribution in [0.15, 0.2) is 18.2 Å². The van der Waals surface area contributed by atoms with Gasteiger partial charge in [-0.05, 0) is 19.9 Å². The van der Waals surface area contributed by atoms with Crippen molar-refractivity contribution < 1.29 is 14.1 Å². The van der Waals surface area contributed by atoms with Gasteiger partial charge in [0.15, 0.2) is 0 Å². The van der Waals surface area contributed by atoms with Gasteiger partial charge < -0.3 is 10.2 Å². The Morgan fingerprint density at radius 1 is 1.45 bits per heavy atom. The van der Waals surface area contributed by atoms with Crippen molar-refractivity contribution in [2.24, 2.45) is 0 Å². The minimum Gasteiger partial charge on any atom is -0.336 e. The number of hydrogen-bond acceptors (Lipinski definition) is 4. The van der Waals surface area contributed by atoms with Crippen LogP contribution in [0.25, 0.3) is 0 Å². The maximum Gasteiger partial charge on any atom is 0.273 e. The third-order valence-corrected chi connectivity index (χ3v) is 3.20. The standard InChI is InChI=1S/C13H16FN3O3/c1-13(2)8-16(4-3-15-13)12(18)9-5-10(14)7-11(6-9)17(19)20/h5-7,15H,3-4,8H2,1-2H3. The predicted octanol–water partition coefficient (Wildman–Crippen LogP) is 1.56. The summed E-state index contributed by atoms with van der Waals surface area (Å²) in [5.41, 5.74) is -0.634. The van der Waals surface area contributed by atoms with Crippen LogP contribution < -0.4 is 5.32 Å². The highest BCUT2D eigenvalue weighted by atomic mass is 19.1. The highest BCUT2D eigenvalue weighted by Gasteiger charge is 2.29. The zero-order valence-corrected chi connectivity index (χ0v) is 11.4. The summed E-state index contributed by atoms with van der Waals surface area (Å²) in [4.78, 5) is 23.9. The molecule has 7 heteroatoms. The lowest BCUT2D eigenvalue weighted by atomic mass is 10.0. The topological polar surface area (TPSA) is 75.5 Å². The molecule has 1 N–H and O–H groups in total. The van der Waals surface area contributed by atoms with E-state index in [2.05, 4.69) is 5.32 Å². The zero-order valence-electron chi connectivity index (χ0n) is 11.4. The van der Waals surface area contributed by atoms with Gasteiger partial charge in [-0.2, -0.15) is 0 Å². The summed E-state index contributed by atoms with van der Waals surface area (Å²) in [6.07, 6.45) is 0. The molecule has 2 rings (SSSR count). The largest absolute Gasteiger partial charge is 0.336 e. The number of nitrogens with one attached hydrogen (secondary N) is 1. The Hall–Kier alpha value is -2.02. The normalized spacial score (nSPS) is 17.9. The summed E-state index contributed by atoms with van der Waals surface area (Å²) < 4.78 is 13.4. The lowest BCUT2D eigenvalue weighted by molar-refractivity contribution is -0.385. The Morgan fingerprint density at radius 2 is 2.15 bits per heavy atom. The first-order valence-electron chi connectivity index (χ1n) is 6.28. The monoisotopic (exact) mass is 281 g/mol. The van der Waals surface area contributed by atoms with Gasteiger partial charge in [-0.15, -0.1) is 0 Å². The van der Waals surface area contributed by atoms with Gasteiger partial charge >= 0.3 is 0 Å². The fourth-order valence-electron chi connectivity index (χ4n) is 2.30. The molecular formula is C13H16FN3O3. The molecule has 0 radical (unpaired) electrons. The number of piperazine rings is 1. The van der Waals surface area contributed by atoms with Crippen LogP contribution in [0.2, 0.25) is 0 Å². The number of halogens is 1. The van der Waals surface area contributed by atoms with E-state index in [4.69, 9.17) is 0 Å². The number of hydrogen-bond donors (Lipinski definition) is 1. The van der Waals surface area contributed by atoms with Crippen LogP contribution in [0, 0.1) is 15.9 Å². The molecule has 1 aliphatic rings. The number of nitro benzene ring substituents is 1. The van der Waals surface area contributed by atoms with Gasteiger partial charge in [0.25, 0.3) is 11.6 Å². The first-order valence-corrected chi connectivity index (χ1v) is 6.28. The molecule has 0 atom stereocenters. The van der Waals surface area contributed by atoms with Gasteiger partial charge in [-0.3, -0.25) is 14.9 Å². The van der Waals surface area contributed by atoms with Crippen LogP contribution in [0.5, 0.6) is 0 Å². The molecule has 1 aliphatic heterocycles. The van der Waals surface area contributed by atoms with E-state index in [-0.39, 0.29) is 17.0 Å². The maximum atomic E-state index is 13.4. The van der Waals surface area contributed by atoms with E-state index >= 15 is 0 Å². The molecule has 0 saturated carbocycles. The molecule has 1 amide bonds. The minimum atomic E-state index is -0.781. The van der Waals surface area contributed by atoms with Gasteiger partial charge in [0.2, 0.25) is 0 Å². The first kappa shape index (κ1) is 14.4. The van der Waals surface area contributed by atoms with Gasteiger partial charge in [-0.25, -0.2) is 4.39 Å². The molecule has 108 valence electrons. The van der Waals surface area contributed by atoms with E-state index < -0.39 is 16.4 Å². The Bertz CT molecular complexity index is 560. The highest BCUT2D eigenvalue weighted by molar-refractivity contribution is 5.95. The predicted molar refractivity (Wildman–Crippen MR) is 71.0 cm³/mol. The minimum absolute atomic E-state index is 0.00870. The smallest absolute Gasteiger partial charge is 0.273 e. The summed E-state index contributed by atoms with van der Waals surface area (Å²) >= 11 is 0. The summed E-state index contributed by atoms with van der Waals surface area (Å²) in [7, 11) is 0. The van der Waals surface area contributed by atoms with E-state index in [1.54, 1.807) is 4.90 Å². The molecule has 0 spiro atoms. The molecular weight excluding hydrogens is 265 g/mol. The second kappa shape index (κ2) is 5.16. The fourth-order valence-corrected chi connectivity index (χ4v) is 2.30. The molecule has 1 aromatic carbocycles. The summed E-state index contributed by atoms with van der Waals surface area (Å²) in [6.45, 7) is 5.51. The van der Waals surface area contributed by atoms with Gasteiger partial charge in [0.1, 0.15) is 5.82 Å². The van der Waals surface area contributed by atoms with E-state index in [1.165, 1.54) is 0 Å². The summed E-state index contributed by atoms with van der Waals surface area (Å²) in [5.74, 6) is -1.17. The van der Waals surface area contributed by atoms with E-state index in [1.807, 2.05) is 13.8 Å². The van der Waals surface area contributed by atoms with Crippen molar-refractivity contribution in [2.45, 2.75) is 19.4 Å². The van der Waals surface area contributed by atoms with Crippen LogP contribution >= 0.6 is 0 Å². The Morgan fingerprint density at radius 3 is 2.75 bits per heavy atom. The number of nitro groups is 1. The number of amides is 1. The molecule has 6 nitrogen and oxygen atoms in total. The number of carbonyl (C=O) groups is 1. The Labute approximate surface area is 115 Å². The molecule has 1 fully saturated rings. The van der Waals surface area contributed by atoms with Gasteiger partial charge in [0, 0.05) is 36.8 Å². The number of nitrogens with zero attached hydrogens (tertiary/aromatic N) is 2. The third-order valence-electron chi connectivity index (χ3n) is 3.20. The van der Waals surface area contributed by atoms with Gasteiger partial charge in [-0.1, -0.05) is 0 Å². The van der Waals surface area contributed by atoms with Crippen LogP contribution in [-0.4, -0.2) is 40.9 Å². The quantitative estimate of drug-likeness (QED) is 0.659. The molecule has 0 aliphatic carbocycles. The second-order valence-corrected chi connectivity index (χ2v) is 5.49. The molecule has 1 aromatic rings. The first-order chi connectivity index (χ1) is 9.28. The lowest BCUT2D eigenvalue weighted by Crippen LogP contribution is -2.58. The molecule has 1 saturated heterocycles. The average Bonchev–Trinajstić information content (AvgIpc) is 2.35. The van der Waals surface area contributed by atoms with Gasteiger partial charge in [0.05, 0.1) is 11.0 Å². The van der Waals surface area contributed by atoms with E-state index in [9.17, 15) is 19.3 Å². The molecule has 20 heavy (non-hydrogen) atoms. The number of carbonyl (C=O) groups excluding carboxylic acids is 1. The summed E-state index contributed by atoms with van der Waals surface area (Å²) in [5, 5.41) is 14.0. The molecule has 0 aromatic heterocycles. The molecule has 1 heterocycles. The van der Waals surface area contributed by atoms with E-state index in [0.717, 1.165) is 18.2 Å².